The summed E-state index contributed by atoms with van der Waals surface area (Å²) >= 11 is 0. The number of aromatic nitrogens is 2. The third-order valence-corrected chi connectivity index (χ3v) is 2.94. The normalized spacial score (nSPS) is 10.7. The van der Waals surface area contributed by atoms with Crippen LogP contribution < -0.4 is 4.74 Å². The maximum Gasteiger partial charge on any atom is 0.128 e. The van der Waals surface area contributed by atoms with E-state index in [0.717, 1.165) is 22.8 Å². The van der Waals surface area contributed by atoms with Crippen molar-refractivity contribution < 1.29 is 4.74 Å². The molecule has 0 aliphatic rings. The Morgan fingerprint density at radius 1 is 1.17 bits per heavy atom. The molecule has 0 N–H and O–H groups in total. The van der Waals surface area contributed by atoms with Gasteiger partial charge >= 0.3 is 0 Å². The third-order valence-electron chi connectivity index (χ3n) is 2.94. The van der Waals surface area contributed by atoms with E-state index in [1.54, 1.807) is 13.3 Å². The minimum atomic E-state index is 0.484. The SMILES string of the molecule is COc1ccc(C(C)C)cc1-c1ccnc(C)n1. The lowest BCUT2D eigenvalue weighted by molar-refractivity contribution is 0.416. The molecule has 1 heterocycles. The van der Waals surface area contributed by atoms with E-state index < -0.39 is 0 Å². The summed E-state index contributed by atoms with van der Waals surface area (Å²) in [5.41, 5.74) is 3.21. The molecule has 2 rings (SSSR count). The molecule has 18 heavy (non-hydrogen) atoms. The van der Waals surface area contributed by atoms with Gasteiger partial charge in [-0.25, -0.2) is 9.97 Å². The fourth-order valence-corrected chi connectivity index (χ4v) is 1.89. The van der Waals surface area contributed by atoms with E-state index in [0.29, 0.717) is 5.92 Å². The molecule has 0 fully saturated rings. The number of rotatable bonds is 3. The van der Waals surface area contributed by atoms with Crippen molar-refractivity contribution in [3.05, 3.63) is 41.9 Å². The largest absolute Gasteiger partial charge is 0.496 e. The molecule has 0 atom stereocenters. The summed E-state index contributed by atoms with van der Waals surface area (Å²) in [5, 5.41) is 0. The number of hydrogen-bond donors (Lipinski definition) is 0. The van der Waals surface area contributed by atoms with Gasteiger partial charge in [-0.1, -0.05) is 19.9 Å². The summed E-state index contributed by atoms with van der Waals surface area (Å²) in [6.07, 6.45) is 1.78. The highest BCUT2D eigenvalue weighted by molar-refractivity contribution is 5.68. The molecule has 0 spiro atoms. The summed E-state index contributed by atoms with van der Waals surface area (Å²) < 4.78 is 5.41. The van der Waals surface area contributed by atoms with Crippen LogP contribution >= 0.6 is 0 Å². The molecule has 1 aromatic heterocycles. The van der Waals surface area contributed by atoms with E-state index in [1.807, 2.05) is 19.1 Å². The second-order valence-electron chi connectivity index (χ2n) is 4.60. The predicted molar refractivity (Wildman–Crippen MR) is 72.8 cm³/mol. The van der Waals surface area contributed by atoms with Crippen LogP contribution in [0.1, 0.15) is 31.2 Å². The first-order valence-electron chi connectivity index (χ1n) is 6.09. The predicted octanol–water partition coefficient (Wildman–Crippen LogP) is 3.58. The van der Waals surface area contributed by atoms with Crippen LogP contribution in [0.4, 0.5) is 0 Å². The van der Waals surface area contributed by atoms with Gasteiger partial charge in [0.05, 0.1) is 12.8 Å². The molecule has 0 radical (unpaired) electrons. The van der Waals surface area contributed by atoms with Gasteiger partial charge in [0.25, 0.3) is 0 Å². The topological polar surface area (TPSA) is 35.0 Å². The van der Waals surface area contributed by atoms with Crippen LogP contribution in [0, 0.1) is 6.92 Å². The molecule has 0 saturated heterocycles. The summed E-state index contributed by atoms with van der Waals surface area (Å²) in [4.78, 5) is 8.59. The standard InChI is InChI=1S/C15H18N2O/c1-10(2)12-5-6-15(18-4)13(9-12)14-7-8-16-11(3)17-14/h5-10H,1-4H3. The molecule has 94 valence electrons. The van der Waals surface area contributed by atoms with Gasteiger partial charge in [0.2, 0.25) is 0 Å². The van der Waals surface area contributed by atoms with Crippen LogP contribution in [0.3, 0.4) is 0 Å². The van der Waals surface area contributed by atoms with Crippen LogP contribution in [-0.4, -0.2) is 17.1 Å². The number of aryl methyl sites for hydroxylation is 1. The molecule has 0 saturated carbocycles. The van der Waals surface area contributed by atoms with Crippen molar-refractivity contribution in [3.8, 4) is 17.0 Å². The molecule has 0 aliphatic heterocycles. The molecular formula is C15H18N2O. The fraction of sp³-hybridized carbons (Fsp3) is 0.333. The first-order valence-corrected chi connectivity index (χ1v) is 6.09. The molecule has 0 unspecified atom stereocenters. The fourth-order valence-electron chi connectivity index (χ4n) is 1.89. The monoisotopic (exact) mass is 242 g/mol. The molecular weight excluding hydrogens is 224 g/mol. The zero-order valence-corrected chi connectivity index (χ0v) is 11.3. The number of nitrogens with zero attached hydrogens (tertiary/aromatic N) is 2. The highest BCUT2D eigenvalue weighted by atomic mass is 16.5. The number of ether oxygens (including phenoxy) is 1. The van der Waals surface area contributed by atoms with Gasteiger partial charge in [0, 0.05) is 11.8 Å². The molecule has 2 aromatic rings. The van der Waals surface area contributed by atoms with Crippen molar-refractivity contribution in [2.45, 2.75) is 26.7 Å². The summed E-state index contributed by atoms with van der Waals surface area (Å²) in [7, 11) is 1.68. The highest BCUT2D eigenvalue weighted by Crippen LogP contribution is 2.31. The van der Waals surface area contributed by atoms with E-state index in [2.05, 4.69) is 35.9 Å². The van der Waals surface area contributed by atoms with Gasteiger partial charge in [-0.15, -0.1) is 0 Å². The van der Waals surface area contributed by atoms with E-state index in [-0.39, 0.29) is 0 Å². The summed E-state index contributed by atoms with van der Waals surface area (Å²) in [5.74, 6) is 2.10. The van der Waals surface area contributed by atoms with Crippen LogP contribution in [0.5, 0.6) is 5.75 Å². The van der Waals surface area contributed by atoms with E-state index in [1.165, 1.54) is 5.56 Å². The third kappa shape index (κ3) is 2.50. The smallest absolute Gasteiger partial charge is 0.128 e. The van der Waals surface area contributed by atoms with Crippen molar-refractivity contribution in [3.63, 3.8) is 0 Å². The summed E-state index contributed by atoms with van der Waals surface area (Å²) in [6, 6.07) is 8.16. The van der Waals surface area contributed by atoms with Crippen LogP contribution in [0.2, 0.25) is 0 Å². The number of benzene rings is 1. The van der Waals surface area contributed by atoms with E-state index >= 15 is 0 Å². The van der Waals surface area contributed by atoms with Gasteiger partial charge < -0.3 is 4.74 Å². The Kier molecular flexibility index (Phi) is 3.60. The van der Waals surface area contributed by atoms with Crippen molar-refractivity contribution >= 4 is 0 Å². The van der Waals surface area contributed by atoms with Crippen LogP contribution in [-0.2, 0) is 0 Å². The second-order valence-corrected chi connectivity index (χ2v) is 4.60. The second kappa shape index (κ2) is 5.17. The lowest BCUT2D eigenvalue weighted by Gasteiger charge is -2.12. The number of hydrogen-bond acceptors (Lipinski definition) is 3. The van der Waals surface area contributed by atoms with Crippen molar-refractivity contribution in [1.29, 1.82) is 0 Å². The van der Waals surface area contributed by atoms with Gasteiger partial charge in [0.1, 0.15) is 11.6 Å². The maximum atomic E-state index is 5.41. The molecule has 1 aromatic carbocycles. The Balaban J connectivity index is 2.56. The zero-order valence-electron chi connectivity index (χ0n) is 11.3. The molecule has 0 aliphatic carbocycles. The Morgan fingerprint density at radius 2 is 1.94 bits per heavy atom. The van der Waals surface area contributed by atoms with E-state index in [9.17, 15) is 0 Å². The van der Waals surface area contributed by atoms with Gasteiger partial charge in [0.15, 0.2) is 0 Å². The number of methoxy groups -OCH3 is 1. The zero-order chi connectivity index (χ0) is 13.1. The first-order chi connectivity index (χ1) is 8.61. The van der Waals surface area contributed by atoms with Crippen molar-refractivity contribution in [2.24, 2.45) is 0 Å². The minimum Gasteiger partial charge on any atom is -0.496 e. The van der Waals surface area contributed by atoms with Crippen molar-refractivity contribution in [1.82, 2.24) is 9.97 Å². The molecule has 0 bridgehead atoms. The molecule has 3 heteroatoms. The Hall–Kier alpha value is -1.90. The molecule has 3 nitrogen and oxygen atoms in total. The lowest BCUT2D eigenvalue weighted by atomic mass is 9.99. The van der Waals surface area contributed by atoms with Gasteiger partial charge in [-0.05, 0) is 36.6 Å². The first kappa shape index (κ1) is 12.6. The maximum absolute atomic E-state index is 5.41. The Morgan fingerprint density at radius 3 is 2.56 bits per heavy atom. The Bertz CT molecular complexity index is 550. The lowest BCUT2D eigenvalue weighted by Crippen LogP contribution is -1.96. The summed E-state index contributed by atoms with van der Waals surface area (Å²) in [6.45, 7) is 6.25. The Labute approximate surface area is 108 Å². The van der Waals surface area contributed by atoms with Crippen LogP contribution in [0.25, 0.3) is 11.3 Å². The van der Waals surface area contributed by atoms with Gasteiger partial charge in [-0.3, -0.25) is 0 Å². The minimum absolute atomic E-state index is 0.484. The average molecular weight is 242 g/mol. The molecule has 0 amide bonds. The average Bonchev–Trinajstić information content (AvgIpc) is 2.38. The van der Waals surface area contributed by atoms with Gasteiger partial charge in [-0.2, -0.15) is 0 Å². The quantitative estimate of drug-likeness (QED) is 0.825. The van der Waals surface area contributed by atoms with Crippen LogP contribution in [0.15, 0.2) is 30.5 Å². The van der Waals surface area contributed by atoms with E-state index in [4.69, 9.17) is 4.74 Å². The van der Waals surface area contributed by atoms with Crippen molar-refractivity contribution in [2.75, 3.05) is 7.11 Å². The highest BCUT2D eigenvalue weighted by Gasteiger charge is 2.10.